The number of carbonyl (C=O) groups is 1. The maximum Gasteiger partial charge on any atom is 0.265 e. The number of benzene rings is 2. The van der Waals surface area contributed by atoms with Crippen molar-refractivity contribution in [1.82, 2.24) is 0 Å². The lowest BCUT2D eigenvalue weighted by Gasteiger charge is -2.06. The molecule has 0 aliphatic carbocycles. The zero-order valence-corrected chi connectivity index (χ0v) is 14.4. The maximum absolute atomic E-state index is 11.8. The lowest BCUT2D eigenvalue weighted by atomic mass is 10.2. The molecule has 0 aliphatic heterocycles. The van der Waals surface area contributed by atoms with Crippen LogP contribution in [-0.2, 0) is 9.63 Å². The number of anilines is 1. The van der Waals surface area contributed by atoms with Gasteiger partial charge < -0.3 is 10.2 Å². The van der Waals surface area contributed by atoms with E-state index in [9.17, 15) is 4.79 Å². The highest BCUT2D eigenvalue weighted by Gasteiger charge is 2.08. The summed E-state index contributed by atoms with van der Waals surface area (Å²) in [5.74, 6) is -0.483. The minimum absolute atomic E-state index is 0.293. The average molecular weight is 383 g/mol. The Labute approximate surface area is 153 Å². The van der Waals surface area contributed by atoms with Gasteiger partial charge in [0.15, 0.2) is 6.61 Å². The standard InChI is InChI=1S/C16H10Cl3N3O2/c17-12-5-4-10(7-20)14(6-12)22-15(23)9-24-21-8-11-2-1-3-13(18)16(11)19/h1-6,8H,9H2,(H,22,23)/b21-8+. The van der Waals surface area contributed by atoms with Crippen LogP contribution in [0.1, 0.15) is 11.1 Å². The number of rotatable bonds is 5. The summed E-state index contributed by atoms with van der Waals surface area (Å²) in [4.78, 5) is 16.7. The van der Waals surface area contributed by atoms with Crippen molar-refractivity contribution >= 4 is 52.6 Å². The lowest BCUT2D eigenvalue weighted by molar-refractivity contribution is -0.120. The Balaban J connectivity index is 1.92. The summed E-state index contributed by atoms with van der Waals surface area (Å²) in [7, 11) is 0. The third-order valence-electron chi connectivity index (χ3n) is 2.82. The van der Waals surface area contributed by atoms with Gasteiger partial charge >= 0.3 is 0 Å². The van der Waals surface area contributed by atoms with Crippen LogP contribution < -0.4 is 5.32 Å². The van der Waals surface area contributed by atoms with E-state index >= 15 is 0 Å². The summed E-state index contributed by atoms with van der Waals surface area (Å²) < 4.78 is 0. The number of oxime groups is 1. The first-order chi connectivity index (χ1) is 11.5. The van der Waals surface area contributed by atoms with Crippen molar-refractivity contribution in [2.45, 2.75) is 0 Å². The van der Waals surface area contributed by atoms with Crippen molar-refractivity contribution in [3.8, 4) is 6.07 Å². The molecule has 1 amide bonds. The van der Waals surface area contributed by atoms with Crippen molar-refractivity contribution in [3.05, 3.63) is 62.6 Å². The van der Waals surface area contributed by atoms with Crippen LogP contribution in [0.15, 0.2) is 41.6 Å². The van der Waals surface area contributed by atoms with Gasteiger partial charge in [0.25, 0.3) is 5.91 Å². The van der Waals surface area contributed by atoms with E-state index in [1.54, 1.807) is 24.3 Å². The summed E-state index contributed by atoms with van der Waals surface area (Å²) in [6.07, 6.45) is 1.35. The van der Waals surface area contributed by atoms with Gasteiger partial charge in [-0.05, 0) is 24.3 Å². The van der Waals surface area contributed by atoms with Crippen LogP contribution in [0.2, 0.25) is 15.1 Å². The zero-order chi connectivity index (χ0) is 17.5. The average Bonchev–Trinajstić information content (AvgIpc) is 2.55. The Morgan fingerprint density at radius 3 is 2.83 bits per heavy atom. The molecular weight excluding hydrogens is 373 g/mol. The minimum atomic E-state index is -0.483. The van der Waals surface area contributed by atoms with E-state index in [2.05, 4.69) is 10.5 Å². The van der Waals surface area contributed by atoms with Gasteiger partial charge in [-0.25, -0.2) is 0 Å². The lowest BCUT2D eigenvalue weighted by Crippen LogP contribution is -2.17. The van der Waals surface area contributed by atoms with Crippen LogP contribution >= 0.6 is 34.8 Å². The summed E-state index contributed by atoms with van der Waals surface area (Å²) in [5.41, 5.74) is 1.16. The summed E-state index contributed by atoms with van der Waals surface area (Å²) in [6.45, 7) is -0.341. The van der Waals surface area contributed by atoms with E-state index in [1.807, 2.05) is 6.07 Å². The molecule has 0 bridgehead atoms. The molecule has 0 atom stereocenters. The molecule has 0 saturated carbocycles. The Bertz CT molecular complexity index is 832. The monoisotopic (exact) mass is 381 g/mol. The smallest absolute Gasteiger partial charge is 0.265 e. The van der Waals surface area contributed by atoms with Gasteiger partial charge in [0, 0.05) is 10.6 Å². The molecule has 0 fully saturated rings. The van der Waals surface area contributed by atoms with Crippen LogP contribution in [0, 0.1) is 11.3 Å². The number of hydrogen-bond donors (Lipinski definition) is 1. The van der Waals surface area contributed by atoms with E-state index in [0.29, 0.717) is 31.9 Å². The molecule has 0 radical (unpaired) electrons. The van der Waals surface area contributed by atoms with E-state index in [0.717, 1.165) is 0 Å². The molecule has 0 spiro atoms. The first kappa shape index (κ1) is 18.1. The zero-order valence-electron chi connectivity index (χ0n) is 12.1. The first-order valence-electron chi connectivity index (χ1n) is 6.60. The van der Waals surface area contributed by atoms with Crippen LogP contribution in [0.5, 0.6) is 0 Å². The molecule has 0 unspecified atom stereocenters. The fourth-order valence-corrected chi connectivity index (χ4v) is 2.24. The predicted octanol–water partition coefficient (Wildman–Crippen LogP) is 4.51. The van der Waals surface area contributed by atoms with Crippen molar-refractivity contribution < 1.29 is 9.63 Å². The Hall–Kier alpha value is -2.26. The van der Waals surface area contributed by atoms with Crippen LogP contribution in [-0.4, -0.2) is 18.7 Å². The quantitative estimate of drug-likeness (QED) is 0.611. The fourth-order valence-electron chi connectivity index (χ4n) is 1.71. The normalized spacial score (nSPS) is 10.4. The molecule has 2 rings (SSSR count). The molecule has 2 aromatic carbocycles. The second-order valence-corrected chi connectivity index (χ2v) is 5.72. The largest absolute Gasteiger partial charge is 0.386 e. The van der Waals surface area contributed by atoms with Gasteiger partial charge in [0.1, 0.15) is 6.07 Å². The van der Waals surface area contributed by atoms with Gasteiger partial charge in [-0.1, -0.05) is 52.1 Å². The third kappa shape index (κ3) is 4.87. The number of hydrogen-bond acceptors (Lipinski definition) is 4. The van der Waals surface area contributed by atoms with E-state index in [4.69, 9.17) is 44.9 Å². The minimum Gasteiger partial charge on any atom is -0.386 e. The molecular formula is C16H10Cl3N3O2. The molecule has 8 heteroatoms. The molecule has 24 heavy (non-hydrogen) atoms. The summed E-state index contributed by atoms with van der Waals surface area (Å²) >= 11 is 17.7. The molecule has 0 aliphatic rings. The third-order valence-corrected chi connectivity index (χ3v) is 3.89. The van der Waals surface area contributed by atoms with E-state index in [1.165, 1.54) is 18.3 Å². The molecule has 0 aromatic heterocycles. The van der Waals surface area contributed by atoms with Crippen LogP contribution in [0.4, 0.5) is 5.69 Å². The van der Waals surface area contributed by atoms with Crippen molar-refractivity contribution in [2.75, 3.05) is 11.9 Å². The van der Waals surface area contributed by atoms with E-state index in [-0.39, 0.29) is 6.61 Å². The molecule has 122 valence electrons. The highest BCUT2D eigenvalue weighted by atomic mass is 35.5. The SMILES string of the molecule is N#Cc1ccc(Cl)cc1NC(=O)CO/N=C/c1cccc(Cl)c1Cl. The van der Waals surface area contributed by atoms with Crippen molar-refractivity contribution in [3.63, 3.8) is 0 Å². The van der Waals surface area contributed by atoms with Gasteiger partial charge in [-0.2, -0.15) is 5.26 Å². The Kier molecular flexibility index (Phi) is 6.44. The van der Waals surface area contributed by atoms with Crippen LogP contribution in [0.3, 0.4) is 0 Å². The topological polar surface area (TPSA) is 74.5 Å². The van der Waals surface area contributed by atoms with Gasteiger partial charge in [0.2, 0.25) is 0 Å². The van der Waals surface area contributed by atoms with Crippen molar-refractivity contribution in [2.24, 2.45) is 5.16 Å². The first-order valence-corrected chi connectivity index (χ1v) is 7.73. The number of nitrogens with zero attached hydrogens (tertiary/aromatic N) is 2. The number of amides is 1. The van der Waals surface area contributed by atoms with Gasteiger partial charge in [-0.3, -0.25) is 4.79 Å². The highest BCUT2D eigenvalue weighted by molar-refractivity contribution is 6.43. The molecule has 2 aromatic rings. The Morgan fingerprint density at radius 2 is 2.08 bits per heavy atom. The molecule has 5 nitrogen and oxygen atoms in total. The number of carbonyl (C=O) groups excluding carboxylic acids is 1. The van der Waals surface area contributed by atoms with Crippen molar-refractivity contribution in [1.29, 1.82) is 5.26 Å². The maximum atomic E-state index is 11.8. The fraction of sp³-hybridized carbons (Fsp3) is 0.0625. The van der Waals surface area contributed by atoms with Gasteiger partial charge in [-0.15, -0.1) is 0 Å². The second kappa shape index (κ2) is 8.55. The summed E-state index contributed by atoms with van der Waals surface area (Å²) in [6, 6.07) is 11.6. The highest BCUT2D eigenvalue weighted by Crippen LogP contribution is 2.24. The summed E-state index contributed by atoms with van der Waals surface area (Å²) in [5, 5.41) is 16.3. The Morgan fingerprint density at radius 1 is 1.29 bits per heavy atom. The molecule has 0 saturated heterocycles. The van der Waals surface area contributed by atoms with Gasteiger partial charge in [0.05, 0.1) is 27.5 Å². The number of nitrogens with one attached hydrogen (secondary N) is 1. The number of halogens is 3. The number of nitriles is 1. The predicted molar refractivity (Wildman–Crippen MR) is 94.8 cm³/mol. The second-order valence-electron chi connectivity index (χ2n) is 4.50. The van der Waals surface area contributed by atoms with E-state index < -0.39 is 5.91 Å². The van der Waals surface area contributed by atoms with Crippen LogP contribution in [0.25, 0.3) is 0 Å². The molecule has 1 N–H and O–H groups in total. The molecule has 0 heterocycles.